The maximum atomic E-state index is 11.5. The molecule has 1 heterocycles. The van der Waals surface area contributed by atoms with Crippen molar-refractivity contribution in [1.29, 1.82) is 0 Å². The molecule has 2 rings (SSSR count). The second-order valence-corrected chi connectivity index (χ2v) is 5.45. The number of benzene rings is 1. The van der Waals surface area contributed by atoms with E-state index in [-0.39, 0.29) is 5.78 Å². The Hall–Kier alpha value is -1.35. The predicted octanol–water partition coefficient (Wildman–Crippen LogP) is 3.00. The van der Waals surface area contributed by atoms with Gasteiger partial charge in [-0.05, 0) is 44.4 Å². The van der Waals surface area contributed by atoms with Crippen molar-refractivity contribution < 1.29 is 9.53 Å². The summed E-state index contributed by atoms with van der Waals surface area (Å²) in [6, 6.07) is 7.47. The second-order valence-electron chi connectivity index (χ2n) is 5.45. The Morgan fingerprint density at radius 2 is 2.21 bits per heavy atom. The first-order chi connectivity index (χ1) is 9.16. The molecule has 1 saturated heterocycles. The smallest absolute Gasteiger partial charge is 0.163 e. The number of piperidine rings is 1. The standard InChI is InChI=1S/C16H23NO2/c1-13-6-5-9-17(12-13)10-11-19-16-8-4-3-7-15(16)14(2)18/h3-4,7-8,13H,5-6,9-12H2,1-2H3. The van der Waals surface area contributed by atoms with Crippen LogP contribution in [0, 0.1) is 5.92 Å². The Morgan fingerprint density at radius 1 is 1.42 bits per heavy atom. The van der Waals surface area contributed by atoms with Crippen LogP contribution in [-0.4, -0.2) is 36.9 Å². The van der Waals surface area contributed by atoms with Gasteiger partial charge < -0.3 is 4.74 Å². The van der Waals surface area contributed by atoms with E-state index in [9.17, 15) is 4.79 Å². The number of rotatable bonds is 5. The Morgan fingerprint density at radius 3 is 2.95 bits per heavy atom. The summed E-state index contributed by atoms with van der Waals surface area (Å²) in [5.41, 5.74) is 0.675. The highest BCUT2D eigenvalue weighted by Crippen LogP contribution is 2.19. The minimum absolute atomic E-state index is 0.0576. The van der Waals surface area contributed by atoms with Crippen LogP contribution in [0.1, 0.15) is 37.0 Å². The molecule has 1 aliphatic heterocycles. The number of carbonyl (C=O) groups is 1. The molecule has 104 valence electrons. The van der Waals surface area contributed by atoms with Crippen LogP contribution >= 0.6 is 0 Å². The monoisotopic (exact) mass is 261 g/mol. The molecule has 1 aromatic rings. The van der Waals surface area contributed by atoms with Crippen molar-refractivity contribution in [3.8, 4) is 5.75 Å². The van der Waals surface area contributed by atoms with Crippen molar-refractivity contribution in [2.24, 2.45) is 5.92 Å². The van der Waals surface area contributed by atoms with Gasteiger partial charge in [-0.25, -0.2) is 0 Å². The molecular formula is C16H23NO2. The van der Waals surface area contributed by atoms with E-state index >= 15 is 0 Å². The second kappa shape index (κ2) is 6.71. The summed E-state index contributed by atoms with van der Waals surface area (Å²) in [6.07, 6.45) is 2.62. The van der Waals surface area contributed by atoms with E-state index < -0.39 is 0 Å². The van der Waals surface area contributed by atoms with Gasteiger partial charge in [-0.2, -0.15) is 0 Å². The van der Waals surface area contributed by atoms with Crippen LogP contribution in [0.5, 0.6) is 5.75 Å². The van der Waals surface area contributed by atoms with E-state index in [4.69, 9.17) is 4.74 Å². The van der Waals surface area contributed by atoms with Crippen molar-refractivity contribution in [3.05, 3.63) is 29.8 Å². The molecular weight excluding hydrogens is 238 g/mol. The quantitative estimate of drug-likeness (QED) is 0.763. The van der Waals surface area contributed by atoms with E-state index in [0.29, 0.717) is 17.9 Å². The van der Waals surface area contributed by atoms with Gasteiger partial charge in [-0.15, -0.1) is 0 Å². The average Bonchev–Trinajstić information content (AvgIpc) is 2.39. The molecule has 3 nitrogen and oxygen atoms in total. The number of hydrogen-bond acceptors (Lipinski definition) is 3. The zero-order valence-electron chi connectivity index (χ0n) is 11.9. The van der Waals surface area contributed by atoms with E-state index in [0.717, 1.165) is 19.0 Å². The van der Waals surface area contributed by atoms with Gasteiger partial charge in [-0.1, -0.05) is 19.1 Å². The molecule has 0 N–H and O–H groups in total. The first kappa shape index (κ1) is 14.1. The lowest BCUT2D eigenvalue weighted by molar-refractivity contribution is 0.101. The van der Waals surface area contributed by atoms with Crippen LogP contribution in [0.4, 0.5) is 0 Å². The third-order valence-electron chi connectivity index (χ3n) is 3.67. The summed E-state index contributed by atoms with van der Waals surface area (Å²) >= 11 is 0. The van der Waals surface area contributed by atoms with Gasteiger partial charge in [0, 0.05) is 13.1 Å². The molecule has 3 heteroatoms. The molecule has 0 radical (unpaired) electrons. The first-order valence-corrected chi connectivity index (χ1v) is 7.12. The SMILES string of the molecule is CC(=O)c1ccccc1OCCN1CCCC(C)C1. The Balaban J connectivity index is 1.84. The van der Waals surface area contributed by atoms with Crippen LogP contribution in [0.3, 0.4) is 0 Å². The summed E-state index contributed by atoms with van der Waals surface area (Å²) in [4.78, 5) is 13.9. The van der Waals surface area contributed by atoms with Gasteiger partial charge in [0.25, 0.3) is 0 Å². The molecule has 1 fully saturated rings. The van der Waals surface area contributed by atoms with Crippen LogP contribution in [0.25, 0.3) is 0 Å². The topological polar surface area (TPSA) is 29.5 Å². The fraction of sp³-hybridized carbons (Fsp3) is 0.562. The molecule has 0 aliphatic carbocycles. The summed E-state index contributed by atoms with van der Waals surface area (Å²) in [6.45, 7) is 7.81. The molecule has 0 aromatic heterocycles. The molecule has 1 unspecified atom stereocenters. The number of Topliss-reactive ketones (excluding diaryl/α,β-unsaturated/α-hetero) is 1. The number of ether oxygens (including phenoxy) is 1. The van der Waals surface area contributed by atoms with Gasteiger partial charge in [0.05, 0.1) is 5.56 Å². The van der Waals surface area contributed by atoms with Gasteiger partial charge in [0.15, 0.2) is 5.78 Å². The summed E-state index contributed by atoms with van der Waals surface area (Å²) in [5.74, 6) is 1.56. The van der Waals surface area contributed by atoms with Crippen LogP contribution < -0.4 is 4.74 Å². The molecule has 0 amide bonds. The van der Waals surface area contributed by atoms with E-state index in [2.05, 4.69) is 11.8 Å². The Labute approximate surface area is 115 Å². The first-order valence-electron chi connectivity index (χ1n) is 7.12. The van der Waals surface area contributed by atoms with Crippen molar-refractivity contribution in [2.45, 2.75) is 26.7 Å². The Kier molecular flexibility index (Phi) is 4.97. The summed E-state index contributed by atoms with van der Waals surface area (Å²) in [5, 5.41) is 0. The van der Waals surface area contributed by atoms with Crippen molar-refractivity contribution in [1.82, 2.24) is 4.90 Å². The van der Waals surface area contributed by atoms with Gasteiger partial charge in [0.1, 0.15) is 12.4 Å². The van der Waals surface area contributed by atoms with Crippen molar-refractivity contribution >= 4 is 5.78 Å². The lowest BCUT2D eigenvalue weighted by atomic mass is 10.0. The minimum Gasteiger partial charge on any atom is -0.491 e. The third-order valence-corrected chi connectivity index (χ3v) is 3.67. The minimum atomic E-state index is 0.0576. The number of hydrogen-bond donors (Lipinski definition) is 0. The Bertz CT molecular complexity index is 431. The summed E-state index contributed by atoms with van der Waals surface area (Å²) < 4.78 is 5.77. The highest BCUT2D eigenvalue weighted by Gasteiger charge is 2.16. The highest BCUT2D eigenvalue weighted by molar-refractivity contribution is 5.96. The number of carbonyl (C=O) groups excluding carboxylic acids is 1. The molecule has 19 heavy (non-hydrogen) atoms. The fourth-order valence-corrected chi connectivity index (χ4v) is 2.66. The van der Waals surface area contributed by atoms with E-state index in [1.165, 1.54) is 19.4 Å². The normalized spacial score (nSPS) is 20.2. The van der Waals surface area contributed by atoms with Crippen LogP contribution in [-0.2, 0) is 0 Å². The van der Waals surface area contributed by atoms with Crippen LogP contribution in [0.2, 0.25) is 0 Å². The maximum Gasteiger partial charge on any atom is 0.163 e. The van der Waals surface area contributed by atoms with Crippen LogP contribution in [0.15, 0.2) is 24.3 Å². The number of ketones is 1. The maximum absolute atomic E-state index is 11.5. The molecule has 0 spiro atoms. The number of para-hydroxylation sites is 1. The lowest BCUT2D eigenvalue weighted by Crippen LogP contribution is -2.37. The van der Waals surface area contributed by atoms with E-state index in [1.54, 1.807) is 6.92 Å². The van der Waals surface area contributed by atoms with Gasteiger partial charge >= 0.3 is 0 Å². The van der Waals surface area contributed by atoms with Crippen molar-refractivity contribution in [3.63, 3.8) is 0 Å². The molecule has 0 saturated carbocycles. The third kappa shape index (κ3) is 4.06. The largest absolute Gasteiger partial charge is 0.491 e. The summed E-state index contributed by atoms with van der Waals surface area (Å²) in [7, 11) is 0. The van der Waals surface area contributed by atoms with Gasteiger partial charge in [0.2, 0.25) is 0 Å². The van der Waals surface area contributed by atoms with Gasteiger partial charge in [-0.3, -0.25) is 9.69 Å². The predicted molar refractivity (Wildman–Crippen MR) is 76.8 cm³/mol. The van der Waals surface area contributed by atoms with E-state index in [1.807, 2.05) is 24.3 Å². The number of nitrogens with zero attached hydrogens (tertiary/aromatic N) is 1. The molecule has 1 aliphatic rings. The number of likely N-dealkylation sites (tertiary alicyclic amines) is 1. The zero-order chi connectivity index (χ0) is 13.7. The zero-order valence-corrected chi connectivity index (χ0v) is 11.9. The van der Waals surface area contributed by atoms with Crippen molar-refractivity contribution in [2.75, 3.05) is 26.2 Å². The average molecular weight is 261 g/mol. The fourth-order valence-electron chi connectivity index (χ4n) is 2.66. The molecule has 1 atom stereocenters. The lowest BCUT2D eigenvalue weighted by Gasteiger charge is -2.30. The molecule has 1 aromatic carbocycles. The molecule has 0 bridgehead atoms. The highest BCUT2D eigenvalue weighted by atomic mass is 16.5.